The van der Waals surface area contributed by atoms with Crippen molar-refractivity contribution in [2.45, 2.75) is 32.6 Å². The minimum absolute atomic E-state index is 0.0241. The third-order valence-electron chi connectivity index (χ3n) is 2.47. The second-order valence-electron chi connectivity index (χ2n) is 3.69. The zero-order valence-corrected chi connectivity index (χ0v) is 9.92. The summed E-state index contributed by atoms with van der Waals surface area (Å²) in [6.45, 7) is 3.97. The Kier molecular flexibility index (Phi) is 9.52. The van der Waals surface area contributed by atoms with Gasteiger partial charge in [0.25, 0.3) is 0 Å². The molecule has 0 spiro atoms. The molecule has 0 saturated heterocycles. The summed E-state index contributed by atoms with van der Waals surface area (Å²) in [7, 11) is 1.70. The second kappa shape index (κ2) is 9.93. The Morgan fingerprint density at radius 3 is 2.67 bits per heavy atom. The van der Waals surface area contributed by atoms with Gasteiger partial charge in [-0.25, -0.2) is 0 Å². The van der Waals surface area contributed by atoms with Crippen LogP contribution in [0.3, 0.4) is 0 Å². The number of hydrogen-bond acceptors (Lipinski definition) is 3. The van der Waals surface area contributed by atoms with Crippen molar-refractivity contribution >= 4 is 5.91 Å². The third-order valence-corrected chi connectivity index (χ3v) is 2.47. The average molecular weight is 216 g/mol. The zero-order chi connectivity index (χ0) is 11.5. The molecule has 0 aliphatic rings. The van der Waals surface area contributed by atoms with Gasteiger partial charge >= 0.3 is 0 Å². The predicted octanol–water partition coefficient (Wildman–Crippen LogP) is 0.904. The number of nitrogens with two attached hydrogens (primary N) is 1. The fourth-order valence-corrected chi connectivity index (χ4v) is 1.36. The lowest BCUT2D eigenvalue weighted by Crippen LogP contribution is -2.35. The number of methoxy groups -OCH3 is 1. The predicted molar refractivity (Wildman–Crippen MR) is 61.6 cm³/mol. The van der Waals surface area contributed by atoms with Crippen molar-refractivity contribution in [1.82, 2.24) is 5.32 Å². The van der Waals surface area contributed by atoms with E-state index >= 15 is 0 Å². The van der Waals surface area contributed by atoms with E-state index in [4.69, 9.17) is 10.5 Å². The van der Waals surface area contributed by atoms with Gasteiger partial charge < -0.3 is 15.8 Å². The van der Waals surface area contributed by atoms with Crippen molar-refractivity contribution in [3.8, 4) is 0 Å². The van der Waals surface area contributed by atoms with Crippen LogP contribution in [-0.2, 0) is 9.53 Å². The molecule has 0 saturated carbocycles. The minimum Gasteiger partial charge on any atom is -0.385 e. The quantitative estimate of drug-likeness (QED) is 0.563. The summed E-state index contributed by atoms with van der Waals surface area (Å²) in [4.78, 5) is 11.5. The van der Waals surface area contributed by atoms with E-state index in [1.807, 2.05) is 6.92 Å². The zero-order valence-electron chi connectivity index (χ0n) is 9.92. The monoisotopic (exact) mass is 216 g/mol. The van der Waals surface area contributed by atoms with E-state index in [0.29, 0.717) is 6.54 Å². The Bertz CT molecular complexity index is 159. The fraction of sp³-hybridized carbons (Fsp3) is 0.909. The third kappa shape index (κ3) is 7.33. The van der Waals surface area contributed by atoms with Crippen LogP contribution in [0.1, 0.15) is 32.6 Å². The lowest BCUT2D eigenvalue weighted by atomic mass is 10.1. The molecule has 0 bridgehead atoms. The van der Waals surface area contributed by atoms with Crippen molar-refractivity contribution in [3.63, 3.8) is 0 Å². The van der Waals surface area contributed by atoms with Crippen molar-refractivity contribution in [1.29, 1.82) is 0 Å². The van der Waals surface area contributed by atoms with Gasteiger partial charge in [0.1, 0.15) is 0 Å². The first-order chi connectivity index (χ1) is 7.26. The number of carbonyl (C=O) groups is 1. The summed E-state index contributed by atoms with van der Waals surface area (Å²) in [6.07, 6.45) is 3.97. The van der Waals surface area contributed by atoms with Gasteiger partial charge in [0.15, 0.2) is 0 Å². The Morgan fingerprint density at radius 2 is 2.13 bits per heavy atom. The van der Waals surface area contributed by atoms with Crippen LogP contribution in [0.2, 0.25) is 0 Å². The maximum absolute atomic E-state index is 11.5. The molecule has 0 aliphatic carbocycles. The smallest absolute Gasteiger partial charge is 0.224 e. The summed E-state index contributed by atoms with van der Waals surface area (Å²) < 4.78 is 4.94. The number of ether oxygens (including phenoxy) is 1. The molecule has 0 aromatic rings. The topological polar surface area (TPSA) is 64.4 Å². The van der Waals surface area contributed by atoms with E-state index in [2.05, 4.69) is 5.32 Å². The molecule has 0 radical (unpaired) electrons. The lowest BCUT2D eigenvalue weighted by molar-refractivity contribution is -0.124. The highest BCUT2D eigenvalue weighted by atomic mass is 16.5. The molecule has 15 heavy (non-hydrogen) atoms. The number of hydrogen-bond donors (Lipinski definition) is 2. The molecule has 0 fully saturated rings. The van der Waals surface area contributed by atoms with Crippen LogP contribution >= 0.6 is 0 Å². The highest BCUT2D eigenvalue weighted by Gasteiger charge is 2.12. The Balaban J connectivity index is 3.38. The summed E-state index contributed by atoms with van der Waals surface area (Å²) in [5.41, 5.74) is 5.48. The normalized spacial score (nSPS) is 12.5. The van der Waals surface area contributed by atoms with E-state index in [0.717, 1.165) is 38.8 Å². The van der Waals surface area contributed by atoms with Crippen LogP contribution in [0.15, 0.2) is 0 Å². The summed E-state index contributed by atoms with van der Waals surface area (Å²) in [6, 6.07) is 0. The van der Waals surface area contributed by atoms with E-state index in [1.165, 1.54) is 0 Å². The van der Waals surface area contributed by atoms with Crippen LogP contribution < -0.4 is 11.1 Å². The van der Waals surface area contributed by atoms with Crippen LogP contribution in [0.25, 0.3) is 0 Å². The number of unbranched alkanes of at least 4 members (excludes halogenated alkanes) is 2. The molecule has 1 atom stereocenters. The number of nitrogens with one attached hydrogen (secondary N) is 1. The number of carbonyl (C=O) groups excluding carboxylic acids is 1. The maximum atomic E-state index is 11.5. The molecular formula is C11H24N2O2. The molecule has 0 aromatic carbocycles. The lowest BCUT2D eigenvalue weighted by Gasteiger charge is -2.12. The minimum atomic E-state index is -0.0241. The average Bonchev–Trinajstić information content (AvgIpc) is 2.25. The first kappa shape index (κ1) is 14.4. The van der Waals surface area contributed by atoms with E-state index in [-0.39, 0.29) is 11.8 Å². The fourth-order valence-electron chi connectivity index (χ4n) is 1.36. The molecular weight excluding hydrogens is 192 g/mol. The molecule has 1 unspecified atom stereocenters. The standard InChI is InChI=1S/C11H24N2O2/c1-3-10(9-12)11(14)13-7-5-4-6-8-15-2/h10H,3-9,12H2,1-2H3,(H,13,14). The van der Waals surface area contributed by atoms with Crippen LogP contribution in [0.4, 0.5) is 0 Å². The molecule has 3 N–H and O–H groups in total. The molecule has 0 aromatic heterocycles. The second-order valence-corrected chi connectivity index (χ2v) is 3.69. The molecule has 0 heterocycles. The van der Waals surface area contributed by atoms with Gasteiger partial charge in [-0.05, 0) is 25.7 Å². The first-order valence-corrected chi connectivity index (χ1v) is 5.73. The summed E-state index contributed by atoms with van der Waals surface area (Å²) in [5.74, 6) is 0.0655. The van der Waals surface area contributed by atoms with Crippen molar-refractivity contribution in [3.05, 3.63) is 0 Å². The van der Waals surface area contributed by atoms with Crippen LogP contribution in [-0.4, -0.2) is 32.7 Å². The Morgan fingerprint density at radius 1 is 1.40 bits per heavy atom. The molecule has 90 valence electrons. The highest BCUT2D eigenvalue weighted by Crippen LogP contribution is 2.00. The van der Waals surface area contributed by atoms with E-state index in [1.54, 1.807) is 7.11 Å². The van der Waals surface area contributed by atoms with Crippen molar-refractivity contribution in [2.75, 3.05) is 26.8 Å². The van der Waals surface area contributed by atoms with Crippen molar-refractivity contribution < 1.29 is 9.53 Å². The van der Waals surface area contributed by atoms with Gasteiger partial charge in [-0.2, -0.15) is 0 Å². The molecule has 4 heteroatoms. The Labute approximate surface area is 92.6 Å². The largest absolute Gasteiger partial charge is 0.385 e. The Hall–Kier alpha value is -0.610. The van der Waals surface area contributed by atoms with Gasteiger partial charge in [-0.3, -0.25) is 4.79 Å². The van der Waals surface area contributed by atoms with Crippen molar-refractivity contribution in [2.24, 2.45) is 11.7 Å². The van der Waals surface area contributed by atoms with Gasteiger partial charge in [0.05, 0.1) is 0 Å². The van der Waals surface area contributed by atoms with Gasteiger partial charge in [0.2, 0.25) is 5.91 Å². The van der Waals surface area contributed by atoms with Gasteiger partial charge in [-0.15, -0.1) is 0 Å². The summed E-state index contributed by atoms with van der Waals surface area (Å²) in [5, 5.41) is 2.90. The molecule has 1 amide bonds. The number of amides is 1. The molecule has 4 nitrogen and oxygen atoms in total. The van der Waals surface area contributed by atoms with Gasteiger partial charge in [-0.1, -0.05) is 6.92 Å². The summed E-state index contributed by atoms with van der Waals surface area (Å²) >= 11 is 0. The first-order valence-electron chi connectivity index (χ1n) is 5.73. The SMILES string of the molecule is CCC(CN)C(=O)NCCCCCOC. The van der Waals surface area contributed by atoms with Crippen LogP contribution in [0.5, 0.6) is 0 Å². The highest BCUT2D eigenvalue weighted by molar-refractivity contribution is 5.78. The van der Waals surface area contributed by atoms with E-state index in [9.17, 15) is 4.79 Å². The van der Waals surface area contributed by atoms with Crippen LogP contribution in [0, 0.1) is 5.92 Å². The van der Waals surface area contributed by atoms with E-state index < -0.39 is 0 Å². The molecule has 0 rings (SSSR count). The molecule has 0 aliphatic heterocycles. The maximum Gasteiger partial charge on any atom is 0.224 e. The number of rotatable bonds is 9. The van der Waals surface area contributed by atoms with Gasteiger partial charge in [0, 0.05) is 32.7 Å².